The molecule has 0 bridgehead atoms. The van der Waals surface area contributed by atoms with E-state index in [9.17, 15) is 0 Å². The zero-order valence-electron chi connectivity index (χ0n) is 12.1. The van der Waals surface area contributed by atoms with Gasteiger partial charge in [-0.25, -0.2) is 4.99 Å². The van der Waals surface area contributed by atoms with Gasteiger partial charge >= 0.3 is 0 Å². The van der Waals surface area contributed by atoms with Crippen LogP contribution in [0.4, 0.5) is 5.69 Å². The second-order valence-electron chi connectivity index (χ2n) is 4.68. The molecule has 0 heterocycles. The molecule has 0 amide bonds. The summed E-state index contributed by atoms with van der Waals surface area (Å²) in [6.07, 6.45) is 2.29. The number of methoxy groups -OCH3 is 2. The Morgan fingerprint density at radius 2 is 2.15 bits per heavy atom. The Balaban J connectivity index is 0.00000200. The number of hydrogen-bond donors (Lipinski definition) is 2. The lowest BCUT2D eigenvalue weighted by Crippen LogP contribution is -2.23. The minimum absolute atomic E-state index is 0. The van der Waals surface area contributed by atoms with E-state index in [-0.39, 0.29) is 24.0 Å². The molecule has 3 N–H and O–H groups in total. The molecule has 2 rings (SSSR count). The fourth-order valence-corrected chi connectivity index (χ4v) is 2.09. The predicted molar refractivity (Wildman–Crippen MR) is 92.4 cm³/mol. The lowest BCUT2D eigenvalue weighted by molar-refractivity contribution is 0.405. The molecule has 5 nitrogen and oxygen atoms in total. The Kier molecular flexibility index (Phi) is 6.38. The van der Waals surface area contributed by atoms with Crippen LogP contribution in [0.1, 0.15) is 19.8 Å². The number of aliphatic imine (C=N–C) groups is 1. The van der Waals surface area contributed by atoms with E-state index in [1.165, 1.54) is 0 Å². The Labute approximate surface area is 137 Å². The molecule has 0 unspecified atom stereocenters. The van der Waals surface area contributed by atoms with Gasteiger partial charge in [-0.1, -0.05) is 13.3 Å². The summed E-state index contributed by atoms with van der Waals surface area (Å²) in [5.74, 6) is 2.57. The summed E-state index contributed by atoms with van der Waals surface area (Å²) in [5.41, 5.74) is 6.68. The van der Waals surface area contributed by atoms with Crippen LogP contribution >= 0.6 is 24.0 Å². The average Bonchev–Trinajstić information content (AvgIpc) is 3.16. The maximum atomic E-state index is 5.92. The number of nitrogens with two attached hydrogens (primary N) is 1. The molecule has 0 saturated heterocycles. The molecule has 20 heavy (non-hydrogen) atoms. The van der Waals surface area contributed by atoms with Crippen molar-refractivity contribution in [2.24, 2.45) is 16.6 Å². The van der Waals surface area contributed by atoms with E-state index in [1.807, 2.05) is 18.2 Å². The fraction of sp³-hybridized carbons (Fsp3) is 0.500. The number of anilines is 1. The van der Waals surface area contributed by atoms with Gasteiger partial charge in [-0.05, 0) is 24.5 Å². The SMILES string of the molecule is CC[C@@H]1C[C@H]1N=C(N)Nc1cc(OC)ccc1OC.I. The van der Waals surface area contributed by atoms with Crippen molar-refractivity contribution >= 4 is 35.6 Å². The quantitative estimate of drug-likeness (QED) is 0.460. The van der Waals surface area contributed by atoms with Crippen LogP contribution in [0.3, 0.4) is 0 Å². The molecule has 2 atom stereocenters. The topological polar surface area (TPSA) is 68.9 Å². The van der Waals surface area contributed by atoms with Gasteiger partial charge in [0.2, 0.25) is 0 Å². The fourth-order valence-electron chi connectivity index (χ4n) is 2.09. The number of rotatable bonds is 5. The van der Waals surface area contributed by atoms with Crippen molar-refractivity contribution in [3.8, 4) is 11.5 Å². The molecule has 112 valence electrons. The summed E-state index contributed by atoms with van der Waals surface area (Å²) in [6, 6.07) is 5.88. The largest absolute Gasteiger partial charge is 0.497 e. The molecule has 1 aromatic carbocycles. The Hall–Kier alpha value is -1.18. The van der Waals surface area contributed by atoms with E-state index in [1.54, 1.807) is 14.2 Å². The predicted octanol–water partition coefficient (Wildman–Crippen LogP) is 2.85. The molecule has 1 aliphatic carbocycles. The van der Waals surface area contributed by atoms with Crippen molar-refractivity contribution in [1.82, 2.24) is 0 Å². The molecule has 0 aromatic heterocycles. The molecule has 1 aliphatic rings. The van der Waals surface area contributed by atoms with Gasteiger partial charge in [0.15, 0.2) is 5.96 Å². The Morgan fingerprint density at radius 1 is 1.40 bits per heavy atom. The molecular formula is C14H22IN3O2. The van der Waals surface area contributed by atoms with Crippen LogP contribution in [0.25, 0.3) is 0 Å². The molecule has 1 saturated carbocycles. The highest BCUT2D eigenvalue weighted by Crippen LogP contribution is 2.36. The second-order valence-corrected chi connectivity index (χ2v) is 4.68. The number of halogens is 1. The first-order chi connectivity index (χ1) is 9.17. The van der Waals surface area contributed by atoms with Crippen molar-refractivity contribution in [3.63, 3.8) is 0 Å². The number of hydrogen-bond acceptors (Lipinski definition) is 3. The lowest BCUT2D eigenvalue weighted by Gasteiger charge is -2.12. The maximum absolute atomic E-state index is 5.92. The summed E-state index contributed by atoms with van der Waals surface area (Å²) in [6.45, 7) is 2.18. The van der Waals surface area contributed by atoms with Crippen molar-refractivity contribution in [1.29, 1.82) is 0 Å². The minimum atomic E-state index is 0. The van der Waals surface area contributed by atoms with Gasteiger partial charge in [0.1, 0.15) is 11.5 Å². The standard InChI is InChI=1S/C14H21N3O2.HI/c1-4-9-7-11(9)16-14(15)17-12-8-10(18-2)5-6-13(12)19-3;/h5-6,8-9,11H,4,7H2,1-3H3,(H3,15,16,17);1H/t9-,11-;/m1./s1. The van der Waals surface area contributed by atoms with Gasteiger partial charge in [-0.3, -0.25) is 0 Å². The third-order valence-corrected chi connectivity index (χ3v) is 3.38. The van der Waals surface area contributed by atoms with Crippen molar-refractivity contribution < 1.29 is 9.47 Å². The summed E-state index contributed by atoms with van der Waals surface area (Å²) >= 11 is 0. The Bertz CT molecular complexity index is 479. The zero-order chi connectivity index (χ0) is 13.8. The lowest BCUT2D eigenvalue weighted by atomic mass is 10.2. The molecule has 0 radical (unpaired) electrons. The van der Waals surface area contributed by atoms with Crippen LogP contribution in [0.15, 0.2) is 23.2 Å². The van der Waals surface area contributed by atoms with Gasteiger partial charge < -0.3 is 20.5 Å². The number of guanidine groups is 1. The molecule has 0 aliphatic heterocycles. The van der Waals surface area contributed by atoms with E-state index in [2.05, 4.69) is 17.2 Å². The summed E-state index contributed by atoms with van der Waals surface area (Å²) < 4.78 is 10.5. The van der Waals surface area contributed by atoms with Gasteiger partial charge in [-0.2, -0.15) is 0 Å². The smallest absolute Gasteiger partial charge is 0.193 e. The Morgan fingerprint density at radius 3 is 2.70 bits per heavy atom. The summed E-state index contributed by atoms with van der Waals surface area (Å²) in [7, 11) is 3.24. The van der Waals surface area contributed by atoms with Crippen LogP contribution < -0.4 is 20.5 Å². The van der Waals surface area contributed by atoms with Crippen molar-refractivity contribution in [2.45, 2.75) is 25.8 Å². The summed E-state index contributed by atoms with van der Waals surface area (Å²) in [4.78, 5) is 4.45. The highest BCUT2D eigenvalue weighted by molar-refractivity contribution is 14.0. The minimum Gasteiger partial charge on any atom is -0.497 e. The number of nitrogens with zero attached hydrogens (tertiary/aromatic N) is 1. The maximum Gasteiger partial charge on any atom is 0.193 e. The molecule has 6 heteroatoms. The first kappa shape index (κ1) is 16.9. The van der Waals surface area contributed by atoms with Gasteiger partial charge in [0.25, 0.3) is 0 Å². The first-order valence-corrected chi connectivity index (χ1v) is 6.50. The third-order valence-electron chi connectivity index (χ3n) is 3.38. The highest BCUT2D eigenvalue weighted by atomic mass is 127. The van der Waals surface area contributed by atoms with Gasteiger partial charge in [0, 0.05) is 6.07 Å². The van der Waals surface area contributed by atoms with E-state index in [0.717, 1.165) is 24.3 Å². The second kappa shape index (κ2) is 7.56. The van der Waals surface area contributed by atoms with Crippen molar-refractivity contribution in [3.05, 3.63) is 18.2 Å². The van der Waals surface area contributed by atoms with E-state index < -0.39 is 0 Å². The van der Waals surface area contributed by atoms with Crippen LogP contribution in [0.2, 0.25) is 0 Å². The number of ether oxygens (including phenoxy) is 2. The molecule has 1 aromatic rings. The monoisotopic (exact) mass is 391 g/mol. The highest BCUT2D eigenvalue weighted by Gasteiger charge is 2.35. The normalized spacial score (nSPS) is 20.9. The van der Waals surface area contributed by atoms with E-state index in [0.29, 0.717) is 23.7 Å². The number of benzene rings is 1. The molecular weight excluding hydrogens is 369 g/mol. The van der Waals surface area contributed by atoms with Crippen molar-refractivity contribution in [2.75, 3.05) is 19.5 Å². The van der Waals surface area contributed by atoms with Crippen LogP contribution in [-0.4, -0.2) is 26.2 Å². The summed E-state index contributed by atoms with van der Waals surface area (Å²) in [5, 5.41) is 3.07. The van der Waals surface area contributed by atoms with Crippen LogP contribution in [0, 0.1) is 5.92 Å². The molecule has 0 spiro atoms. The number of nitrogens with one attached hydrogen (secondary N) is 1. The first-order valence-electron chi connectivity index (χ1n) is 6.50. The van der Waals surface area contributed by atoms with E-state index >= 15 is 0 Å². The third kappa shape index (κ3) is 4.16. The zero-order valence-corrected chi connectivity index (χ0v) is 14.4. The van der Waals surface area contributed by atoms with E-state index in [4.69, 9.17) is 15.2 Å². The van der Waals surface area contributed by atoms with Crippen LogP contribution in [-0.2, 0) is 0 Å². The van der Waals surface area contributed by atoms with Crippen LogP contribution in [0.5, 0.6) is 11.5 Å². The molecule has 1 fully saturated rings. The van der Waals surface area contributed by atoms with Gasteiger partial charge in [-0.15, -0.1) is 24.0 Å². The van der Waals surface area contributed by atoms with Gasteiger partial charge in [0.05, 0.1) is 25.9 Å². The average molecular weight is 391 g/mol.